The van der Waals surface area contributed by atoms with E-state index in [1.807, 2.05) is 25.3 Å². The van der Waals surface area contributed by atoms with E-state index in [0.29, 0.717) is 22.4 Å². The van der Waals surface area contributed by atoms with Gasteiger partial charge in [0.15, 0.2) is 0 Å². The van der Waals surface area contributed by atoms with Crippen LogP contribution in [0.2, 0.25) is 0 Å². The molecule has 1 amide bonds. The Morgan fingerprint density at radius 1 is 1.19 bits per heavy atom. The van der Waals surface area contributed by atoms with Crippen molar-refractivity contribution in [3.8, 4) is 23.1 Å². The molecule has 2 aromatic carbocycles. The summed E-state index contributed by atoms with van der Waals surface area (Å²) in [6.07, 6.45) is 6.56. The van der Waals surface area contributed by atoms with E-state index in [4.69, 9.17) is 0 Å². The minimum absolute atomic E-state index is 0.0974. The second-order valence-corrected chi connectivity index (χ2v) is 8.64. The molecule has 0 saturated heterocycles. The van der Waals surface area contributed by atoms with E-state index >= 15 is 4.39 Å². The van der Waals surface area contributed by atoms with Gasteiger partial charge in [-0.3, -0.25) is 9.69 Å². The van der Waals surface area contributed by atoms with Crippen molar-refractivity contribution in [1.82, 2.24) is 25.2 Å². The Morgan fingerprint density at radius 3 is 2.81 bits per heavy atom. The lowest BCUT2D eigenvalue weighted by Crippen LogP contribution is -2.28. The summed E-state index contributed by atoms with van der Waals surface area (Å²) < 4.78 is 15.1. The number of aromatic amines is 1. The van der Waals surface area contributed by atoms with Crippen molar-refractivity contribution in [2.24, 2.45) is 0 Å². The number of hydrogen-bond acceptors (Lipinski definition) is 4. The smallest absolute Gasteiger partial charge is 0.251 e. The molecule has 3 heterocycles. The first-order chi connectivity index (χ1) is 17.6. The van der Waals surface area contributed by atoms with Crippen LogP contribution >= 0.6 is 0 Å². The van der Waals surface area contributed by atoms with E-state index in [2.05, 4.69) is 43.1 Å². The number of nitrogens with one attached hydrogen (secondary N) is 2. The summed E-state index contributed by atoms with van der Waals surface area (Å²) in [5, 5.41) is 3.66. The monoisotopic (exact) mass is 479 g/mol. The SMILES string of the molecule is CC#CCN1CC=C(c2c[nH]c3ncnc(-c4ccc(CNC(=O)c5ccccc5)c(F)c4)c23)CC1. The summed E-state index contributed by atoms with van der Waals surface area (Å²) in [6, 6.07) is 13.9. The standard InChI is InChI=1S/C29H26FN5O/c1-2-3-13-35-14-11-20(12-15-35)24-18-31-28-26(24)27(33-19-34-28)22-9-10-23(25(30)16-22)17-32-29(36)21-7-5-4-6-8-21/h4-11,16,18-19H,12-15,17H2,1H3,(H,32,36)(H,31,33,34). The summed E-state index contributed by atoms with van der Waals surface area (Å²) in [4.78, 5) is 26.8. The molecular weight excluding hydrogens is 453 g/mol. The summed E-state index contributed by atoms with van der Waals surface area (Å²) in [5.41, 5.74) is 5.27. The van der Waals surface area contributed by atoms with Crippen molar-refractivity contribution < 1.29 is 9.18 Å². The minimum atomic E-state index is -0.394. The Hall–Kier alpha value is -4.28. The molecule has 0 bridgehead atoms. The second kappa shape index (κ2) is 10.5. The Bertz CT molecular complexity index is 1500. The fourth-order valence-electron chi connectivity index (χ4n) is 4.43. The maximum atomic E-state index is 15.1. The van der Waals surface area contributed by atoms with Gasteiger partial charge in [-0.25, -0.2) is 14.4 Å². The number of benzene rings is 2. The molecule has 4 aromatic rings. The highest BCUT2D eigenvalue weighted by atomic mass is 19.1. The predicted molar refractivity (Wildman–Crippen MR) is 139 cm³/mol. The van der Waals surface area contributed by atoms with Gasteiger partial charge in [0.05, 0.1) is 17.6 Å². The van der Waals surface area contributed by atoms with Gasteiger partial charge in [-0.15, -0.1) is 5.92 Å². The van der Waals surface area contributed by atoms with Crippen molar-refractivity contribution in [2.75, 3.05) is 19.6 Å². The van der Waals surface area contributed by atoms with Gasteiger partial charge in [0.25, 0.3) is 5.91 Å². The molecule has 0 spiro atoms. The number of nitrogens with zero attached hydrogens (tertiary/aromatic N) is 3. The number of H-pyrrole nitrogens is 1. The average molecular weight is 480 g/mol. The molecule has 6 nitrogen and oxygen atoms in total. The fraction of sp³-hybridized carbons (Fsp3) is 0.207. The molecule has 0 aliphatic carbocycles. The van der Waals surface area contributed by atoms with Crippen LogP contribution in [0.5, 0.6) is 0 Å². The van der Waals surface area contributed by atoms with Gasteiger partial charge in [-0.1, -0.05) is 42.3 Å². The fourth-order valence-corrected chi connectivity index (χ4v) is 4.43. The lowest BCUT2D eigenvalue weighted by molar-refractivity contribution is 0.0950. The third-order valence-electron chi connectivity index (χ3n) is 6.39. The zero-order valence-corrected chi connectivity index (χ0v) is 20.0. The minimum Gasteiger partial charge on any atom is -0.348 e. The van der Waals surface area contributed by atoms with E-state index in [1.54, 1.807) is 30.3 Å². The van der Waals surface area contributed by atoms with Crippen LogP contribution in [0.3, 0.4) is 0 Å². The zero-order chi connectivity index (χ0) is 24.9. The maximum Gasteiger partial charge on any atom is 0.251 e. The molecule has 2 N–H and O–H groups in total. The van der Waals surface area contributed by atoms with Gasteiger partial charge >= 0.3 is 0 Å². The van der Waals surface area contributed by atoms with Crippen molar-refractivity contribution in [2.45, 2.75) is 19.9 Å². The number of aromatic nitrogens is 3. The molecule has 7 heteroatoms. The molecule has 0 fully saturated rings. The Morgan fingerprint density at radius 2 is 2.06 bits per heavy atom. The first-order valence-electron chi connectivity index (χ1n) is 11.9. The lowest BCUT2D eigenvalue weighted by Gasteiger charge is -2.24. The van der Waals surface area contributed by atoms with E-state index < -0.39 is 5.82 Å². The lowest BCUT2D eigenvalue weighted by atomic mass is 9.96. The van der Waals surface area contributed by atoms with Crippen LogP contribution in [-0.2, 0) is 6.54 Å². The highest BCUT2D eigenvalue weighted by Gasteiger charge is 2.19. The first kappa shape index (κ1) is 23.5. The summed E-state index contributed by atoms with van der Waals surface area (Å²) in [5.74, 6) is 5.44. The second-order valence-electron chi connectivity index (χ2n) is 8.64. The molecular formula is C29H26FN5O. The molecule has 0 radical (unpaired) electrons. The average Bonchev–Trinajstić information content (AvgIpc) is 3.36. The number of carbonyl (C=O) groups is 1. The highest BCUT2D eigenvalue weighted by Crippen LogP contribution is 2.34. The van der Waals surface area contributed by atoms with E-state index in [9.17, 15) is 4.79 Å². The van der Waals surface area contributed by atoms with E-state index in [0.717, 1.165) is 42.7 Å². The van der Waals surface area contributed by atoms with Gasteiger partial charge in [-0.05, 0) is 37.1 Å². The first-order valence-corrected chi connectivity index (χ1v) is 11.9. The summed E-state index contributed by atoms with van der Waals surface area (Å²) in [6.45, 7) is 4.47. The zero-order valence-electron chi connectivity index (χ0n) is 20.0. The molecule has 5 rings (SSSR count). The van der Waals surface area contributed by atoms with Crippen LogP contribution in [-0.4, -0.2) is 45.4 Å². The third-order valence-corrected chi connectivity index (χ3v) is 6.39. The Balaban J connectivity index is 1.39. The maximum absolute atomic E-state index is 15.1. The topological polar surface area (TPSA) is 73.9 Å². The quantitative estimate of drug-likeness (QED) is 0.390. The van der Waals surface area contributed by atoms with Crippen LogP contribution in [0, 0.1) is 17.7 Å². The van der Waals surface area contributed by atoms with E-state index in [1.165, 1.54) is 18.0 Å². The van der Waals surface area contributed by atoms with Crippen molar-refractivity contribution in [3.63, 3.8) is 0 Å². The number of hydrogen-bond donors (Lipinski definition) is 2. The number of amides is 1. The molecule has 1 aliphatic heterocycles. The molecule has 36 heavy (non-hydrogen) atoms. The molecule has 0 atom stereocenters. The number of rotatable bonds is 6. The van der Waals surface area contributed by atoms with Crippen molar-refractivity contribution >= 4 is 22.5 Å². The molecule has 0 saturated carbocycles. The van der Waals surface area contributed by atoms with Gasteiger partial charge in [0.2, 0.25) is 0 Å². The normalized spacial score (nSPS) is 13.7. The predicted octanol–water partition coefficient (Wildman–Crippen LogP) is 4.81. The van der Waals surface area contributed by atoms with Crippen LogP contribution in [0.1, 0.15) is 34.8 Å². The molecule has 0 unspecified atom stereocenters. The van der Waals surface area contributed by atoms with Gasteiger partial charge in [0.1, 0.15) is 17.8 Å². The highest BCUT2D eigenvalue weighted by molar-refractivity contribution is 6.00. The summed E-state index contributed by atoms with van der Waals surface area (Å²) >= 11 is 0. The Labute approximate surface area is 209 Å². The van der Waals surface area contributed by atoms with Crippen LogP contribution < -0.4 is 5.32 Å². The van der Waals surface area contributed by atoms with Gasteiger partial charge in [0, 0.05) is 48.1 Å². The van der Waals surface area contributed by atoms with E-state index in [-0.39, 0.29) is 12.5 Å². The third kappa shape index (κ3) is 4.90. The number of halogens is 1. The number of fused-ring (bicyclic) bond motifs is 1. The largest absolute Gasteiger partial charge is 0.348 e. The van der Waals surface area contributed by atoms with Crippen molar-refractivity contribution in [3.05, 3.63) is 89.6 Å². The van der Waals surface area contributed by atoms with Gasteiger partial charge < -0.3 is 10.3 Å². The summed E-state index contributed by atoms with van der Waals surface area (Å²) in [7, 11) is 0. The van der Waals surface area contributed by atoms with Gasteiger partial charge in [-0.2, -0.15) is 0 Å². The molecule has 1 aliphatic rings. The molecule has 180 valence electrons. The molecule has 2 aromatic heterocycles. The van der Waals surface area contributed by atoms with Crippen molar-refractivity contribution in [1.29, 1.82) is 0 Å². The number of carbonyl (C=O) groups excluding carboxylic acids is 1. The Kier molecular flexibility index (Phi) is 6.87. The van der Waals surface area contributed by atoms with Crippen LogP contribution in [0.15, 0.2) is 67.1 Å². The van der Waals surface area contributed by atoms with Crippen LogP contribution in [0.25, 0.3) is 27.9 Å². The van der Waals surface area contributed by atoms with Crippen LogP contribution in [0.4, 0.5) is 4.39 Å².